The number of amides is 1. The lowest BCUT2D eigenvalue weighted by molar-refractivity contribution is 0.102. The minimum Gasteiger partial charge on any atom is -0.493 e. The molecule has 1 saturated heterocycles. The second-order valence-corrected chi connectivity index (χ2v) is 7.65. The van der Waals surface area contributed by atoms with Gasteiger partial charge in [0.05, 0.1) is 17.7 Å². The molecule has 0 spiro atoms. The number of rotatable bonds is 5. The van der Waals surface area contributed by atoms with Gasteiger partial charge in [0.15, 0.2) is 11.6 Å². The fourth-order valence-electron chi connectivity index (χ4n) is 3.63. The normalized spacial score (nSPS) is 16.8. The number of aromatic nitrogens is 4. The third-order valence-electron chi connectivity index (χ3n) is 5.44. The number of benzene rings is 1. The van der Waals surface area contributed by atoms with Crippen molar-refractivity contribution in [3.05, 3.63) is 36.0 Å². The molecule has 3 aromatic rings. The van der Waals surface area contributed by atoms with Crippen molar-refractivity contribution in [2.75, 3.05) is 43.5 Å². The van der Waals surface area contributed by atoms with Gasteiger partial charge in [-0.25, -0.2) is 0 Å². The van der Waals surface area contributed by atoms with Crippen LogP contribution in [-0.4, -0.2) is 70.1 Å². The second-order valence-electron chi connectivity index (χ2n) is 7.65. The molecule has 1 aromatic carbocycles. The average molecular weight is 446 g/mol. The number of carbonyl (C=O) groups excluding carboxylic acids is 1. The van der Waals surface area contributed by atoms with E-state index in [0.29, 0.717) is 29.8 Å². The van der Waals surface area contributed by atoms with E-state index in [2.05, 4.69) is 44.4 Å². The maximum absolute atomic E-state index is 12.9. The van der Waals surface area contributed by atoms with Crippen LogP contribution in [0.4, 0.5) is 11.6 Å². The van der Waals surface area contributed by atoms with E-state index in [1.807, 2.05) is 26.2 Å². The molecule has 0 saturated carbocycles. The number of nitrogens with one attached hydrogen (secondary N) is 1. The lowest BCUT2D eigenvalue weighted by Crippen LogP contribution is -2.50. The van der Waals surface area contributed by atoms with E-state index in [4.69, 9.17) is 4.74 Å². The fraction of sp³-hybridized carbons (Fsp3) is 0.429. The molecule has 1 amide bonds. The van der Waals surface area contributed by atoms with Crippen LogP contribution in [0.1, 0.15) is 24.2 Å². The summed E-state index contributed by atoms with van der Waals surface area (Å²) in [6.07, 6.45) is 1.87. The highest BCUT2D eigenvalue weighted by Gasteiger charge is 2.22. The third kappa shape index (κ3) is 4.88. The lowest BCUT2D eigenvalue weighted by atomic mass is 10.1. The summed E-state index contributed by atoms with van der Waals surface area (Å²) in [5.74, 6) is 1.43. The summed E-state index contributed by atoms with van der Waals surface area (Å²) in [6, 6.07) is 7.72. The van der Waals surface area contributed by atoms with E-state index in [0.717, 1.165) is 36.4 Å². The molecule has 1 fully saturated rings. The standard InChI is InChI=1S/C21H27N7O2.ClH/c1-5-30-18-11-17-15(13-27(4)25-17)10-16(18)21(29)22-19-6-7-20(24-23-19)28-9-8-26(3)14(2)12-28;/h6-7,10-11,13-14H,5,8-9,12H2,1-4H3,(H,22,23,29);1H. The third-order valence-corrected chi connectivity index (χ3v) is 5.44. The van der Waals surface area contributed by atoms with Crippen molar-refractivity contribution in [2.45, 2.75) is 19.9 Å². The van der Waals surface area contributed by atoms with Crippen LogP contribution in [0.25, 0.3) is 10.9 Å². The Balaban J connectivity index is 0.00000272. The van der Waals surface area contributed by atoms with Gasteiger partial charge >= 0.3 is 0 Å². The number of nitrogens with zero attached hydrogens (tertiary/aromatic N) is 6. The lowest BCUT2D eigenvalue weighted by Gasteiger charge is -2.38. The van der Waals surface area contributed by atoms with Crippen molar-refractivity contribution >= 4 is 40.9 Å². The van der Waals surface area contributed by atoms with Crippen molar-refractivity contribution in [1.29, 1.82) is 0 Å². The Morgan fingerprint density at radius 1 is 1.23 bits per heavy atom. The first-order chi connectivity index (χ1) is 14.4. The molecule has 9 nitrogen and oxygen atoms in total. The minimum atomic E-state index is -0.292. The van der Waals surface area contributed by atoms with Gasteiger partial charge in [0.1, 0.15) is 5.75 Å². The number of piperazine rings is 1. The number of carbonyl (C=O) groups is 1. The van der Waals surface area contributed by atoms with Crippen LogP contribution in [0.2, 0.25) is 0 Å². The van der Waals surface area contributed by atoms with Crippen molar-refractivity contribution in [2.24, 2.45) is 7.05 Å². The van der Waals surface area contributed by atoms with Gasteiger partial charge in [-0.3, -0.25) is 9.48 Å². The number of fused-ring (bicyclic) bond motifs is 1. The van der Waals surface area contributed by atoms with Crippen molar-refractivity contribution < 1.29 is 9.53 Å². The molecule has 1 aliphatic rings. The largest absolute Gasteiger partial charge is 0.493 e. The molecule has 1 N–H and O–H groups in total. The van der Waals surface area contributed by atoms with E-state index in [9.17, 15) is 4.79 Å². The number of aryl methyl sites for hydroxylation is 1. The molecular weight excluding hydrogens is 418 g/mol. The first-order valence-corrected chi connectivity index (χ1v) is 10.1. The van der Waals surface area contributed by atoms with Crippen LogP contribution in [0, 0.1) is 0 Å². The van der Waals surface area contributed by atoms with E-state index in [-0.39, 0.29) is 18.3 Å². The second kappa shape index (κ2) is 9.49. The van der Waals surface area contributed by atoms with Crippen LogP contribution >= 0.6 is 12.4 Å². The Labute approximate surface area is 187 Å². The highest BCUT2D eigenvalue weighted by Crippen LogP contribution is 2.26. The first kappa shape index (κ1) is 22.8. The van der Waals surface area contributed by atoms with Crippen LogP contribution in [0.3, 0.4) is 0 Å². The summed E-state index contributed by atoms with van der Waals surface area (Å²) in [6.45, 7) is 7.33. The predicted molar refractivity (Wildman–Crippen MR) is 123 cm³/mol. The summed E-state index contributed by atoms with van der Waals surface area (Å²) in [4.78, 5) is 17.5. The summed E-state index contributed by atoms with van der Waals surface area (Å²) >= 11 is 0. The summed E-state index contributed by atoms with van der Waals surface area (Å²) in [7, 11) is 3.98. The van der Waals surface area contributed by atoms with E-state index in [1.165, 1.54) is 0 Å². The number of ether oxygens (including phenoxy) is 1. The zero-order chi connectivity index (χ0) is 21.3. The molecule has 166 valence electrons. The van der Waals surface area contributed by atoms with E-state index < -0.39 is 0 Å². The van der Waals surface area contributed by atoms with Gasteiger partial charge in [-0.15, -0.1) is 22.6 Å². The van der Waals surface area contributed by atoms with Gasteiger partial charge in [-0.2, -0.15) is 5.10 Å². The number of likely N-dealkylation sites (N-methyl/N-ethyl adjacent to an activating group) is 1. The monoisotopic (exact) mass is 445 g/mol. The quantitative estimate of drug-likeness (QED) is 0.645. The van der Waals surface area contributed by atoms with Crippen molar-refractivity contribution in [1.82, 2.24) is 24.9 Å². The van der Waals surface area contributed by atoms with Gasteiger partial charge in [-0.1, -0.05) is 0 Å². The van der Waals surface area contributed by atoms with Crippen molar-refractivity contribution in [3.63, 3.8) is 0 Å². The summed E-state index contributed by atoms with van der Waals surface area (Å²) in [5.41, 5.74) is 1.22. The summed E-state index contributed by atoms with van der Waals surface area (Å²) in [5, 5.41) is 16.6. The molecule has 0 radical (unpaired) electrons. The Morgan fingerprint density at radius 2 is 2.03 bits per heavy atom. The smallest absolute Gasteiger partial charge is 0.260 e. The Kier molecular flexibility index (Phi) is 6.97. The molecule has 31 heavy (non-hydrogen) atoms. The van der Waals surface area contributed by atoms with Crippen LogP contribution in [0.5, 0.6) is 5.75 Å². The predicted octanol–water partition coefficient (Wildman–Crippen LogP) is 2.58. The molecule has 3 heterocycles. The zero-order valence-corrected chi connectivity index (χ0v) is 19.0. The van der Waals surface area contributed by atoms with Crippen LogP contribution in [0.15, 0.2) is 30.5 Å². The Hall–Kier alpha value is -2.91. The molecule has 4 rings (SSSR count). The maximum Gasteiger partial charge on any atom is 0.260 e. The molecule has 0 bridgehead atoms. The molecule has 1 atom stereocenters. The molecule has 1 aliphatic heterocycles. The van der Waals surface area contributed by atoms with Gasteiger partial charge in [0, 0.05) is 50.4 Å². The summed E-state index contributed by atoms with van der Waals surface area (Å²) < 4.78 is 7.39. The highest BCUT2D eigenvalue weighted by atomic mass is 35.5. The molecule has 1 unspecified atom stereocenters. The van der Waals surface area contributed by atoms with Crippen LogP contribution in [-0.2, 0) is 7.05 Å². The van der Waals surface area contributed by atoms with Gasteiger partial charge < -0.3 is 19.9 Å². The molecular formula is C21H28ClN7O2. The first-order valence-electron chi connectivity index (χ1n) is 10.1. The fourth-order valence-corrected chi connectivity index (χ4v) is 3.63. The highest BCUT2D eigenvalue weighted by molar-refractivity contribution is 6.08. The van der Waals surface area contributed by atoms with Crippen molar-refractivity contribution in [3.8, 4) is 5.75 Å². The van der Waals surface area contributed by atoms with Gasteiger partial charge in [-0.05, 0) is 39.1 Å². The Morgan fingerprint density at radius 3 is 2.71 bits per heavy atom. The Bertz CT molecular complexity index is 1050. The average Bonchev–Trinajstić information content (AvgIpc) is 3.09. The van der Waals surface area contributed by atoms with E-state index >= 15 is 0 Å². The molecule has 0 aliphatic carbocycles. The topological polar surface area (TPSA) is 88.4 Å². The molecule has 10 heteroatoms. The van der Waals surface area contributed by atoms with Gasteiger partial charge in [0.25, 0.3) is 5.91 Å². The van der Waals surface area contributed by atoms with Gasteiger partial charge in [0.2, 0.25) is 0 Å². The molecule has 2 aromatic heterocycles. The zero-order valence-electron chi connectivity index (χ0n) is 18.2. The number of hydrogen-bond acceptors (Lipinski definition) is 7. The number of halogens is 1. The maximum atomic E-state index is 12.9. The minimum absolute atomic E-state index is 0. The van der Waals surface area contributed by atoms with Crippen LogP contribution < -0.4 is 15.0 Å². The number of anilines is 2. The number of hydrogen-bond donors (Lipinski definition) is 1. The van der Waals surface area contributed by atoms with E-state index in [1.54, 1.807) is 22.9 Å². The SMILES string of the molecule is CCOc1cc2nn(C)cc2cc1C(=O)Nc1ccc(N2CCN(C)C(C)C2)nn1.Cl.